The lowest BCUT2D eigenvalue weighted by Crippen LogP contribution is -2.40. The van der Waals surface area contributed by atoms with Crippen molar-refractivity contribution in [3.63, 3.8) is 0 Å². The van der Waals surface area contributed by atoms with E-state index >= 15 is 0 Å². The summed E-state index contributed by atoms with van der Waals surface area (Å²) < 4.78 is 39.9. The number of rotatable bonds is 5. The van der Waals surface area contributed by atoms with Gasteiger partial charge in [-0.25, -0.2) is 4.39 Å². The van der Waals surface area contributed by atoms with Gasteiger partial charge in [-0.1, -0.05) is 60.7 Å². The van der Waals surface area contributed by atoms with E-state index in [1.165, 1.54) is 18.2 Å². The van der Waals surface area contributed by atoms with Crippen molar-refractivity contribution in [2.24, 2.45) is 5.10 Å². The molecule has 6 nitrogen and oxygen atoms in total. The van der Waals surface area contributed by atoms with Gasteiger partial charge in [-0.05, 0) is 23.8 Å². The van der Waals surface area contributed by atoms with Gasteiger partial charge in [0, 0.05) is 17.7 Å². The second kappa shape index (κ2) is 8.08. The van der Waals surface area contributed by atoms with Crippen LogP contribution in [-0.4, -0.2) is 31.0 Å². The Morgan fingerprint density at radius 1 is 0.933 bits per heavy atom. The van der Waals surface area contributed by atoms with Crippen LogP contribution in [0.25, 0.3) is 0 Å². The number of hydrogen-bond acceptors (Lipinski definition) is 4. The number of nitrogens with zero attached hydrogens (tertiary/aromatic N) is 2. The largest absolute Gasteiger partial charge is 0.350 e. The number of benzene rings is 3. The Hall–Kier alpha value is -3.52. The quantitative estimate of drug-likeness (QED) is 0.685. The summed E-state index contributed by atoms with van der Waals surface area (Å²) in [4.78, 5) is 12.5. The Labute approximate surface area is 173 Å². The molecule has 0 aromatic heterocycles. The fourth-order valence-electron chi connectivity index (χ4n) is 3.13. The van der Waals surface area contributed by atoms with Gasteiger partial charge in [-0.3, -0.25) is 4.79 Å². The molecule has 152 valence electrons. The maximum absolute atomic E-state index is 13.0. The normalized spacial score (nSPS) is 14.6. The fourth-order valence-corrected chi connectivity index (χ4v) is 4.53. The van der Waals surface area contributed by atoms with E-state index in [0.29, 0.717) is 16.8 Å². The van der Waals surface area contributed by atoms with Crippen LogP contribution in [0.15, 0.2) is 88.9 Å². The second-order valence-electron chi connectivity index (χ2n) is 6.70. The average Bonchev–Trinajstić information content (AvgIpc) is 2.76. The third kappa shape index (κ3) is 3.95. The summed E-state index contributed by atoms with van der Waals surface area (Å²) in [6.45, 7) is -0.312. The van der Waals surface area contributed by atoms with Crippen molar-refractivity contribution in [2.45, 2.75) is 11.4 Å². The molecule has 1 aliphatic rings. The third-order valence-electron chi connectivity index (χ3n) is 4.64. The molecule has 30 heavy (non-hydrogen) atoms. The minimum atomic E-state index is -3.97. The first-order valence-corrected chi connectivity index (χ1v) is 10.7. The number of hydrogen-bond donors (Lipinski definition) is 1. The molecule has 8 heteroatoms. The maximum Gasteiger partial charge on any atom is 0.280 e. The van der Waals surface area contributed by atoms with Gasteiger partial charge in [0.1, 0.15) is 18.1 Å². The lowest BCUT2D eigenvalue weighted by molar-refractivity contribution is -0.121. The SMILES string of the molecule is O=C(CN1N=C(c2ccccc2)c2ccccc2S1(=O)=O)NCc1ccc(F)cc1. The minimum absolute atomic E-state index is 0.102. The zero-order valence-corrected chi connectivity index (χ0v) is 16.6. The first-order valence-electron chi connectivity index (χ1n) is 9.22. The van der Waals surface area contributed by atoms with Crippen LogP contribution < -0.4 is 5.32 Å². The molecule has 0 radical (unpaired) electrons. The maximum atomic E-state index is 13.0. The number of amides is 1. The molecule has 0 unspecified atom stereocenters. The number of carbonyl (C=O) groups excluding carboxylic acids is 1. The molecule has 1 amide bonds. The summed E-state index contributed by atoms with van der Waals surface area (Å²) >= 11 is 0. The summed E-state index contributed by atoms with van der Waals surface area (Å²) in [5.41, 5.74) is 2.42. The van der Waals surface area contributed by atoms with Gasteiger partial charge < -0.3 is 5.32 Å². The van der Waals surface area contributed by atoms with Crippen LogP contribution in [0.3, 0.4) is 0 Å². The molecule has 1 aliphatic heterocycles. The van der Waals surface area contributed by atoms with Gasteiger partial charge in [0.15, 0.2) is 0 Å². The average molecular weight is 423 g/mol. The highest BCUT2D eigenvalue weighted by Crippen LogP contribution is 2.28. The van der Waals surface area contributed by atoms with Crippen molar-refractivity contribution in [3.05, 3.63) is 101 Å². The number of carbonyl (C=O) groups is 1. The monoisotopic (exact) mass is 423 g/mol. The zero-order valence-electron chi connectivity index (χ0n) is 15.8. The molecule has 0 atom stereocenters. The number of fused-ring (bicyclic) bond motifs is 1. The summed E-state index contributed by atoms with van der Waals surface area (Å²) in [5, 5.41) is 6.95. The van der Waals surface area contributed by atoms with Gasteiger partial charge in [-0.15, -0.1) is 0 Å². The Balaban J connectivity index is 1.60. The highest BCUT2D eigenvalue weighted by atomic mass is 32.2. The fraction of sp³-hybridized carbons (Fsp3) is 0.0909. The third-order valence-corrected chi connectivity index (χ3v) is 6.32. The van der Waals surface area contributed by atoms with E-state index in [9.17, 15) is 17.6 Å². The van der Waals surface area contributed by atoms with Crippen LogP contribution in [0.1, 0.15) is 16.7 Å². The molecule has 1 N–H and O–H groups in total. The summed E-state index contributed by atoms with van der Waals surface area (Å²) in [6, 6.07) is 21.5. The Morgan fingerprint density at radius 3 is 2.33 bits per heavy atom. The van der Waals surface area contributed by atoms with Crippen molar-refractivity contribution < 1.29 is 17.6 Å². The van der Waals surface area contributed by atoms with Crippen molar-refractivity contribution in [1.82, 2.24) is 9.73 Å². The Morgan fingerprint density at radius 2 is 1.60 bits per heavy atom. The van der Waals surface area contributed by atoms with E-state index in [4.69, 9.17) is 0 Å². The zero-order chi connectivity index (χ0) is 21.1. The van der Waals surface area contributed by atoms with Crippen molar-refractivity contribution in [3.8, 4) is 0 Å². The van der Waals surface area contributed by atoms with Crippen LogP contribution in [0, 0.1) is 5.82 Å². The molecule has 0 saturated carbocycles. The molecular weight excluding hydrogens is 405 g/mol. The molecular formula is C22H18FN3O3S. The molecule has 4 rings (SSSR count). The highest BCUT2D eigenvalue weighted by Gasteiger charge is 2.34. The first kappa shape index (κ1) is 19.8. The summed E-state index contributed by atoms with van der Waals surface area (Å²) in [6.07, 6.45) is 0. The predicted octanol–water partition coefficient (Wildman–Crippen LogP) is 2.90. The van der Waals surface area contributed by atoms with Crippen LogP contribution in [0.5, 0.6) is 0 Å². The number of sulfonamides is 1. The summed E-state index contributed by atoms with van der Waals surface area (Å²) in [7, 11) is -3.97. The molecule has 0 spiro atoms. The van der Waals surface area contributed by atoms with Gasteiger partial charge in [-0.2, -0.15) is 17.9 Å². The Kier molecular flexibility index (Phi) is 5.33. The van der Waals surface area contributed by atoms with Crippen LogP contribution in [0.2, 0.25) is 0 Å². The minimum Gasteiger partial charge on any atom is -0.350 e. The van der Waals surface area contributed by atoms with Crippen LogP contribution >= 0.6 is 0 Å². The number of halogens is 1. The topological polar surface area (TPSA) is 78.8 Å². The first-order chi connectivity index (χ1) is 14.4. The van der Waals surface area contributed by atoms with Gasteiger partial charge in [0.2, 0.25) is 5.91 Å². The molecule has 3 aromatic carbocycles. The van der Waals surface area contributed by atoms with E-state index in [-0.39, 0.29) is 17.3 Å². The molecule has 0 saturated heterocycles. The molecule has 0 fully saturated rings. The lowest BCUT2D eigenvalue weighted by atomic mass is 10.0. The molecule has 0 aliphatic carbocycles. The lowest BCUT2D eigenvalue weighted by Gasteiger charge is -2.26. The van der Waals surface area contributed by atoms with Crippen molar-refractivity contribution >= 4 is 21.6 Å². The van der Waals surface area contributed by atoms with Crippen LogP contribution in [-0.2, 0) is 21.4 Å². The van der Waals surface area contributed by atoms with E-state index in [0.717, 1.165) is 9.98 Å². The molecule has 3 aromatic rings. The van der Waals surface area contributed by atoms with Crippen LogP contribution in [0.4, 0.5) is 4.39 Å². The Bertz CT molecular complexity index is 1210. The highest BCUT2D eigenvalue weighted by molar-refractivity contribution is 7.89. The van der Waals surface area contributed by atoms with E-state index in [1.807, 2.05) is 30.3 Å². The molecule has 1 heterocycles. The number of hydrazone groups is 1. The standard InChI is InChI=1S/C22H18FN3O3S/c23-18-12-10-16(11-13-18)14-24-21(27)15-26-25-22(17-6-2-1-3-7-17)19-8-4-5-9-20(19)30(26,28)29/h1-13H,14-15H2,(H,24,27). The van der Waals surface area contributed by atoms with Gasteiger partial charge in [0.05, 0.1) is 4.90 Å². The summed E-state index contributed by atoms with van der Waals surface area (Å²) in [5.74, 6) is -0.885. The van der Waals surface area contributed by atoms with Gasteiger partial charge >= 0.3 is 0 Å². The van der Waals surface area contributed by atoms with E-state index in [1.54, 1.807) is 30.3 Å². The number of nitrogens with one attached hydrogen (secondary N) is 1. The predicted molar refractivity (Wildman–Crippen MR) is 111 cm³/mol. The van der Waals surface area contributed by atoms with E-state index < -0.39 is 22.5 Å². The van der Waals surface area contributed by atoms with Gasteiger partial charge in [0.25, 0.3) is 10.0 Å². The smallest absolute Gasteiger partial charge is 0.280 e. The van der Waals surface area contributed by atoms with Crippen molar-refractivity contribution in [2.75, 3.05) is 6.54 Å². The molecule has 0 bridgehead atoms. The second-order valence-corrected chi connectivity index (χ2v) is 8.51. The van der Waals surface area contributed by atoms with E-state index in [2.05, 4.69) is 10.4 Å². The van der Waals surface area contributed by atoms with Crippen molar-refractivity contribution in [1.29, 1.82) is 0 Å².